The predicted molar refractivity (Wildman–Crippen MR) is 101 cm³/mol. The first-order valence-electron chi connectivity index (χ1n) is 8.72. The largest absolute Gasteiger partial charge is 0.416 e. The highest BCUT2D eigenvalue weighted by Gasteiger charge is 2.33. The molecule has 0 saturated carbocycles. The number of aromatic nitrogens is 2. The number of alkyl halides is 3. The molecule has 150 valence electrons. The van der Waals surface area contributed by atoms with Crippen molar-refractivity contribution in [3.8, 4) is 0 Å². The van der Waals surface area contributed by atoms with Crippen LogP contribution in [0.15, 0.2) is 60.0 Å². The van der Waals surface area contributed by atoms with E-state index < -0.39 is 23.6 Å². The van der Waals surface area contributed by atoms with E-state index in [2.05, 4.69) is 20.6 Å². The summed E-state index contributed by atoms with van der Waals surface area (Å²) in [5.74, 6) is -0.509. The maximum atomic E-state index is 12.8. The van der Waals surface area contributed by atoms with E-state index in [1.807, 2.05) is 0 Å². The first-order chi connectivity index (χ1) is 13.7. The molecule has 1 aliphatic carbocycles. The Labute approximate surface area is 164 Å². The number of hydrogen-bond donors (Lipinski definition) is 2. The minimum Gasteiger partial charge on any atom is -0.322 e. The van der Waals surface area contributed by atoms with Crippen molar-refractivity contribution >= 4 is 23.2 Å². The normalized spacial score (nSPS) is 13.9. The lowest BCUT2D eigenvalue weighted by molar-refractivity contribution is -0.113. The van der Waals surface area contributed by atoms with E-state index in [-0.39, 0.29) is 24.0 Å². The van der Waals surface area contributed by atoms with Gasteiger partial charge < -0.3 is 10.6 Å². The highest BCUT2D eigenvalue weighted by Crippen LogP contribution is 2.32. The quantitative estimate of drug-likeness (QED) is 0.804. The summed E-state index contributed by atoms with van der Waals surface area (Å²) in [6, 6.07) is 6.09. The number of carbonyl (C=O) groups excluding carboxylic acids is 2. The third-order valence-electron chi connectivity index (χ3n) is 4.15. The first-order valence-corrected chi connectivity index (χ1v) is 8.72. The molecule has 6 nitrogen and oxygen atoms in total. The zero-order valence-electron chi connectivity index (χ0n) is 15.4. The van der Waals surface area contributed by atoms with Crippen molar-refractivity contribution < 1.29 is 22.8 Å². The molecule has 0 bridgehead atoms. The molecule has 0 radical (unpaired) electrons. The van der Waals surface area contributed by atoms with Crippen LogP contribution in [-0.2, 0) is 4.79 Å². The molecule has 0 atom stereocenters. The smallest absolute Gasteiger partial charge is 0.322 e. The van der Waals surface area contributed by atoms with E-state index in [1.54, 1.807) is 25.1 Å². The van der Waals surface area contributed by atoms with Crippen molar-refractivity contribution in [2.24, 2.45) is 0 Å². The van der Waals surface area contributed by atoms with Gasteiger partial charge in [0.1, 0.15) is 5.82 Å². The zero-order chi connectivity index (χ0) is 21.0. The van der Waals surface area contributed by atoms with Gasteiger partial charge in [0.05, 0.1) is 23.7 Å². The average Bonchev–Trinajstić information content (AvgIpc) is 2.69. The third-order valence-corrected chi connectivity index (χ3v) is 4.15. The molecule has 1 aromatic carbocycles. The average molecular weight is 402 g/mol. The van der Waals surface area contributed by atoms with Gasteiger partial charge in [0.15, 0.2) is 0 Å². The molecule has 2 N–H and O–H groups in total. The van der Waals surface area contributed by atoms with Crippen molar-refractivity contribution in [3.05, 3.63) is 71.3 Å². The van der Waals surface area contributed by atoms with Gasteiger partial charge in [0.25, 0.3) is 11.8 Å². The topological polar surface area (TPSA) is 84.0 Å². The van der Waals surface area contributed by atoms with Crippen molar-refractivity contribution in [1.29, 1.82) is 0 Å². The number of anilines is 2. The van der Waals surface area contributed by atoms with Crippen molar-refractivity contribution in [2.75, 3.05) is 10.6 Å². The standard InChI is InChI=1S/C20H17F3N4O2/c1-12-24-10-17(11-25-12)27-19(29)14-5-3-7-16(9-14)26-18(28)13-4-2-6-15(8-13)20(21,22)23/h3,5-11H,2,4H2,1H3,(H,26,28)(H,27,29). The molecule has 0 saturated heterocycles. The van der Waals surface area contributed by atoms with Crippen LogP contribution in [0.5, 0.6) is 0 Å². The van der Waals surface area contributed by atoms with E-state index >= 15 is 0 Å². The Kier molecular flexibility index (Phi) is 5.76. The fraction of sp³-hybridized carbons (Fsp3) is 0.200. The summed E-state index contributed by atoms with van der Waals surface area (Å²) in [7, 11) is 0. The highest BCUT2D eigenvalue weighted by atomic mass is 19.4. The van der Waals surface area contributed by atoms with Crippen LogP contribution in [-0.4, -0.2) is 28.0 Å². The van der Waals surface area contributed by atoms with E-state index in [4.69, 9.17) is 0 Å². The van der Waals surface area contributed by atoms with E-state index in [9.17, 15) is 22.8 Å². The number of amides is 2. The molecular formula is C20H17F3N4O2. The first kappa shape index (κ1) is 20.2. The molecule has 0 fully saturated rings. The van der Waals surface area contributed by atoms with Crippen molar-refractivity contribution in [1.82, 2.24) is 9.97 Å². The fourth-order valence-corrected chi connectivity index (χ4v) is 2.69. The van der Waals surface area contributed by atoms with Crippen LogP contribution in [0.4, 0.5) is 24.5 Å². The Balaban J connectivity index is 1.70. The second-order valence-electron chi connectivity index (χ2n) is 6.37. The summed E-state index contributed by atoms with van der Waals surface area (Å²) >= 11 is 0. The Morgan fingerprint density at radius 2 is 1.72 bits per heavy atom. The zero-order valence-corrected chi connectivity index (χ0v) is 15.4. The number of nitrogens with zero attached hydrogens (tertiary/aromatic N) is 2. The van der Waals surface area contributed by atoms with Crippen LogP contribution in [0.2, 0.25) is 0 Å². The minimum absolute atomic E-state index is 0.0338. The Morgan fingerprint density at radius 1 is 1.03 bits per heavy atom. The van der Waals surface area contributed by atoms with Gasteiger partial charge >= 0.3 is 6.18 Å². The van der Waals surface area contributed by atoms with Crippen LogP contribution >= 0.6 is 0 Å². The molecule has 1 aliphatic rings. The molecule has 29 heavy (non-hydrogen) atoms. The van der Waals surface area contributed by atoms with Gasteiger partial charge in [-0.25, -0.2) is 9.97 Å². The SMILES string of the molecule is Cc1ncc(NC(=O)c2cccc(NC(=O)C3=CC(C(F)(F)F)=CCC3)c2)cn1. The van der Waals surface area contributed by atoms with Crippen LogP contribution in [0.1, 0.15) is 29.0 Å². The third kappa shape index (κ3) is 5.28. The Bertz CT molecular complexity index is 996. The van der Waals surface area contributed by atoms with Crippen LogP contribution < -0.4 is 10.6 Å². The second-order valence-corrected chi connectivity index (χ2v) is 6.37. The summed E-state index contributed by atoms with van der Waals surface area (Å²) in [6.45, 7) is 1.72. The molecule has 9 heteroatoms. The maximum Gasteiger partial charge on any atom is 0.416 e. The van der Waals surface area contributed by atoms with Gasteiger partial charge in [0.2, 0.25) is 0 Å². The molecule has 2 aromatic rings. The predicted octanol–water partition coefficient (Wildman–Crippen LogP) is 4.18. The Morgan fingerprint density at radius 3 is 2.41 bits per heavy atom. The van der Waals surface area contributed by atoms with Gasteiger partial charge in [0, 0.05) is 16.8 Å². The lowest BCUT2D eigenvalue weighted by Gasteiger charge is -2.16. The molecule has 1 heterocycles. The minimum atomic E-state index is -4.50. The number of carbonyl (C=O) groups is 2. The van der Waals surface area contributed by atoms with E-state index in [0.29, 0.717) is 17.2 Å². The van der Waals surface area contributed by atoms with Gasteiger partial charge in [-0.15, -0.1) is 0 Å². The van der Waals surface area contributed by atoms with Gasteiger partial charge in [-0.2, -0.15) is 13.2 Å². The monoisotopic (exact) mass is 402 g/mol. The number of rotatable bonds is 4. The van der Waals surface area contributed by atoms with Gasteiger partial charge in [-0.1, -0.05) is 12.1 Å². The summed E-state index contributed by atoms with van der Waals surface area (Å²) < 4.78 is 38.5. The van der Waals surface area contributed by atoms with Crippen molar-refractivity contribution in [3.63, 3.8) is 0 Å². The molecule has 0 unspecified atom stereocenters. The molecule has 3 rings (SSSR count). The molecule has 0 spiro atoms. The lowest BCUT2D eigenvalue weighted by atomic mass is 9.98. The van der Waals surface area contributed by atoms with Crippen molar-refractivity contribution in [2.45, 2.75) is 25.9 Å². The number of benzene rings is 1. The number of nitrogens with one attached hydrogen (secondary N) is 2. The summed E-state index contributed by atoms with van der Waals surface area (Å²) in [4.78, 5) is 32.7. The van der Waals surface area contributed by atoms with E-state index in [0.717, 1.165) is 12.2 Å². The second kappa shape index (κ2) is 8.26. The maximum absolute atomic E-state index is 12.8. The van der Waals surface area contributed by atoms with Gasteiger partial charge in [-0.05, 0) is 44.0 Å². The number of aryl methyl sites for hydroxylation is 1. The van der Waals surface area contributed by atoms with Crippen LogP contribution in [0.25, 0.3) is 0 Å². The van der Waals surface area contributed by atoms with Crippen LogP contribution in [0, 0.1) is 6.92 Å². The summed E-state index contributed by atoms with van der Waals surface area (Å²) in [5.41, 5.74) is 0.173. The summed E-state index contributed by atoms with van der Waals surface area (Å²) in [6.07, 6.45) is 0.696. The highest BCUT2D eigenvalue weighted by molar-refractivity contribution is 6.07. The molecule has 1 aromatic heterocycles. The number of hydrogen-bond acceptors (Lipinski definition) is 4. The molecule has 0 aliphatic heterocycles. The molecule has 2 amide bonds. The van der Waals surface area contributed by atoms with Crippen LogP contribution in [0.3, 0.4) is 0 Å². The Hall–Kier alpha value is -3.49. The van der Waals surface area contributed by atoms with E-state index in [1.165, 1.54) is 18.5 Å². The fourth-order valence-electron chi connectivity index (χ4n) is 2.69. The number of halogens is 3. The molecular weight excluding hydrogens is 385 g/mol. The van der Waals surface area contributed by atoms with Gasteiger partial charge in [-0.3, -0.25) is 9.59 Å². The lowest BCUT2D eigenvalue weighted by Crippen LogP contribution is -2.19. The summed E-state index contributed by atoms with van der Waals surface area (Å²) in [5, 5.41) is 5.18. The number of allylic oxidation sites excluding steroid dienone is 3.